The Morgan fingerprint density at radius 2 is 2.00 bits per heavy atom. The highest BCUT2D eigenvalue weighted by atomic mass is 32.1. The summed E-state index contributed by atoms with van der Waals surface area (Å²) in [7, 11) is 1.81. The molecule has 1 aromatic rings. The van der Waals surface area contributed by atoms with Crippen molar-refractivity contribution in [2.45, 2.75) is 70.9 Å². The number of rotatable bonds is 7. The summed E-state index contributed by atoms with van der Waals surface area (Å²) in [6.45, 7) is 6.05. The maximum absolute atomic E-state index is 6.05. The summed E-state index contributed by atoms with van der Waals surface area (Å²) in [5.74, 6) is 0. The lowest BCUT2D eigenvalue weighted by molar-refractivity contribution is -0.0356. The lowest BCUT2D eigenvalue weighted by Gasteiger charge is -2.28. The van der Waals surface area contributed by atoms with Gasteiger partial charge in [-0.15, -0.1) is 11.3 Å². The van der Waals surface area contributed by atoms with Crippen LogP contribution in [0.2, 0.25) is 0 Å². The van der Waals surface area contributed by atoms with E-state index in [-0.39, 0.29) is 0 Å². The molecule has 0 saturated heterocycles. The standard InChI is InChI=1S/C16H27NO2S/c1-12(2)17-10-15-7-8-16(20-15)11-19-14-6-4-5-13(9-14)18-3/h7-8,12-14,17H,4-6,9-11H2,1-3H3. The fourth-order valence-corrected chi connectivity index (χ4v) is 3.46. The van der Waals surface area contributed by atoms with Crippen molar-refractivity contribution >= 4 is 11.3 Å². The first-order valence-corrected chi connectivity index (χ1v) is 8.44. The van der Waals surface area contributed by atoms with Gasteiger partial charge >= 0.3 is 0 Å². The minimum absolute atomic E-state index is 0.369. The summed E-state index contributed by atoms with van der Waals surface area (Å²) in [5, 5.41) is 3.45. The predicted octanol–water partition coefficient (Wildman–Crippen LogP) is 3.72. The van der Waals surface area contributed by atoms with Crippen molar-refractivity contribution in [3.05, 3.63) is 21.9 Å². The van der Waals surface area contributed by atoms with E-state index in [1.165, 1.54) is 29.0 Å². The molecule has 1 heterocycles. The maximum atomic E-state index is 6.05. The number of thiophene rings is 1. The van der Waals surface area contributed by atoms with E-state index in [2.05, 4.69) is 31.3 Å². The second-order valence-corrected chi connectivity index (χ2v) is 7.11. The van der Waals surface area contributed by atoms with Crippen molar-refractivity contribution in [1.82, 2.24) is 5.32 Å². The van der Waals surface area contributed by atoms with E-state index in [4.69, 9.17) is 9.47 Å². The molecule has 1 aromatic heterocycles. The number of hydrogen-bond acceptors (Lipinski definition) is 4. The molecule has 1 aliphatic rings. The Kier molecular flexibility index (Phi) is 6.49. The molecule has 0 radical (unpaired) electrons. The first kappa shape index (κ1) is 16.0. The van der Waals surface area contributed by atoms with Crippen LogP contribution in [0.5, 0.6) is 0 Å². The van der Waals surface area contributed by atoms with Crippen molar-refractivity contribution in [3.63, 3.8) is 0 Å². The highest BCUT2D eigenvalue weighted by molar-refractivity contribution is 7.11. The zero-order valence-electron chi connectivity index (χ0n) is 12.9. The average Bonchev–Trinajstić information content (AvgIpc) is 2.91. The molecule has 0 aromatic carbocycles. The molecule has 4 heteroatoms. The van der Waals surface area contributed by atoms with Crippen LogP contribution < -0.4 is 5.32 Å². The van der Waals surface area contributed by atoms with Crippen LogP contribution in [-0.2, 0) is 22.6 Å². The SMILES string of the molecule is COC1CCCC(OCc2ccc(CNC(C)C)s2)C1. The minimum Gasteiger partial charge on any atom is -0.381 e. The Morgan fingerprint density at radius 3 is 2.75 bits per heavy atom. The third-order valence-electron chi connectivity index (χ3n) is 3.77. The number of hydrogen-bond donors (Lipinski definition) is 1. The molecule has 1 fully saturated rings. The Hall–Kier alpha value is -0.420. The molecular formula is C16H27NO2S. The Morgan fingerprint density at radius 1 is 1.25 bits per heavy atom. The van der Waals surface area contributed by atoms with Gasteiger partial charge in [0.1, 0.15) is 0 Å². The number of ether oxygens (including phenoxy) is 2. The van der Waals surface area contributed by atoms with Gasteiger partial charge in [-0.2, -0.15) is 0 Å². The average molecular weight is 297 g/mol. The Balaban J connectivity index is 1.73. The third-order valence-corrected chi connectivity index (χ3v) is 4.83. The minimum atomic E-state index is 0.369. The van der Waals surface area contributed by atoms with Gasteiger partial charge in [-0.3, -0.25) is 0 Å². The first-order valence-electron chi connectivity index (χ1n) is 7.62. The van der Waals surface area contributed by atoms with Crippen LogP contribution in [0, 0.1) is 0 Å². The Bertz CT molecular complexity index is 392. The normalized spacial score (nSPS) is 23.4. The fraction of sp³-hybridized carbons (Fsp3) is 0.750. The lowest BCUT2D eigenvalue weighted by Crippen LogP contribution is -2.27. The van der Waals surface area contributed by atoms with Crippen LogP contribution in [0.25, 0.3) is 0 Å². The van der Waals surface area contributed by atoms with Crippen molar-refractivity contribution in [1.29, 1.82) is 0 Å². The molecule has 0 aliphatic heterocycles. The van der Waals surface area contributed by atoms with E-state index in [1.807, 2.05) is 11.3 Å². The number of methoxy groups -OCH3 is 1. The van der Waals surface area contributed by atoms with E-state index < -0.39 is 0 Å². The molecule has 2 unspecified atom stereocenters. The highest BCUT2D eigenvalue weighted by Gasteiger charge is 2.22. The van der Waals surface area contributed by atoms with Crippen molar-refractivity contribution in [3.8, 4) is 0 Å². The molecule has 114 valence electrons. The first-order chi connectivity index (χ1) is 9.67. The summed E-state index contributed by atoms with van der Waals surface area (Å²) in [5.41, 5.74) is 0. The predicted molar refractivity (Wildman–Crippen MR) is 84.1 cm³/mol. The molecule has 20 heavy (non-hydrogen) atoms. The maximum Gasteiger partial charge on any atom is 0.0813 e. The van der Waals surface area contributed by atoms with Gasteiger partial charge in [-0.05, 0) is 37.8 Å². The van der Waals surface area contributed by atoms with Gasteiger partial charge in [0.05, 0.1) is 18.8 Å². The summed E-state index contributed by atoms with van der Waals surface area (Å²) >= 11 is 1.85. The summed E-state index contributed by atoms with van der Waals surface area (Å²) in [6, 6.07) is 4.93. The van der Waals surface area contributed by atoms with E-state index in [0.717, 1.165) is 19.6 Å². The molecule has 0 amide bonds. The van der Waals surface area contributed by atoms with Crippen LogP contribution >= 0.6 is 11.3 Å². The zero-order valence-corrected chi connectivity index (χ0v) is 13.7. The van der Waals surface area contributed by atoms with Crippen molar-refractivity contribution < 1.29 is 9.47 Å². The fourth-order valence-electron chi connectivity index (χ4n) is 2.57. The van der Waals surface area contributed by atoms with Gasteiger partial charge in [0.2, 0.25) is 0 Å². The van der Waals surface area contributed by atoms with Crippen molar-refractivity contribution in [2.75, 3.05) is 7.11 Å². The van der Waals surface area contributed by atoms with E-state index in [9.17, 15) is 0 Å². The van der Waals surface area contributed by atoms with Crippen LogP contribution in [0.1, 0.15) is 49.3 Å². The number of nitrogens with one attached hydrogen (secondary N) is 1. The monoisotopic (exact) mass is 297 g/mol. The topological polar surface area (TPSA) is 30.5 Å². The molecule has 1 aliphatic carbocycles. The molecule has 3 nitrogen and oxygen atoms in total. The zero-order chi connectivity index (χ0) is 14.4. The summed E-state index contributed by atoms with van der Waals surface area (Å²) < 4.78 is 11.5. The van der Waals surface area contributed by atoms with E-state index >= 15 is 0 Å². The van der Waals surface area contributed by atoms with Gasteiger partial charge in [0, 0.05) is 29.5 Å². The quantitative estimate of drug-likeness (QED) is 0.832. The second-order valence-electron chi connectivity index (χ2n) is 5.86. The Labute approximate surface area is 126 Å². The second kappa shape index (κ2) is 8.13. The molecule has 1 N–H and O–H groups in total. The van der Waals surface area contributed by atoms with Gasteiger partial charge in [0.25, 0.3) is 0 Å². The lowest BCUT2D eigenvalue weighted by atomic mass is 9.95. The van der Waals surface area contributed by atoms with Gasteiger partial charge < -0.3 is 14.8 Å². The smallest absolute Gasteiger partial charge is 0.0813 e. The highest BCUT2D eigenvalue weighted by Crippen LogP contribution is 2.25. The van der Waals surface area contributed by atoms with Crippen LogP contribution in [0.4, 0.5) is 0 Å². The molecule has 0 spiro atoms. The van der Waals surface area contributed by atoms with Crippen LogP contribution in [0.15, 0.2) is 12.1 Å². The van der Waals surface area contributed by atoms with Crippen molar-refractivity contribution in [2.24, 2.45) is 0 Å². The van der Waals surface area contributed by atoms with Crippen LogP contribution in [0.3, 0.4) is 0 Å². The van der Waals surface area contributed by atoms with Crippen LogP contribution in [-0.4, -0.2) is 25.4 Å². The summed E-state index contributed by atoms with van der Waals surface area (Å²) in [6.07, 6.45) is 5.38. The molecular weight excluding hydrogens is 270 g/mol. The molecule has 2 atom stereocenters. The van der Waals surface area contributed by atoms with Gasteiger partial charge in [-0.1, -0.05) is 13.8 Å². The summed E-state index contributed by atoms with van der Waals surface area (Å²) in [4.78, 5) is 2.71. The van der Waals surface area contributed by atoms with Gasteiger partial charge in [0.15, 0.2) is 0 Å². The third kappa shape index (κ3) is 5.17. The van der Waals surface area contributed by atoms with E-state index in [1.54, 1.807) is 7.11 Å². The molecule has 2 rings (SSSR count). The van der Waals surface area contributed by atoms with E-state index in [0.29, 0.717) is 18.2 Å². The molecule has 1 saturated carbocycles. The largest absolute Gasteiger partial charge is 0.381 e. The molecule has 0 bridgehead atoms. The van der Waals surface area contributed by atoms with Gasteiger partial charge in [-0.25, -0.2) is 0 Å².